The van der Waals surface area contributed by atoms with Gasteiger partial charge in [0, 0.05) is 17.5 Å². The van der Waals surface area contributed by atoms with E-state index in [0.717, 1.165) is 18.2 Å². The highest BCUT2D eigenvalue weighted by Crippen LogP contribution is 2.39. The minimum absolute atomic E-state index is 0.148. The Bertz CT molecular complexity index is 816. The third kappa shape index (κ3) is 3.60. The molecular formula is C16H12Cl2F3NO2. The first-order valence-corrected chi connectivity index (χ1v) is 7.44. The molecular weight excluding hydrogens is 366 g/mol. The molecule has 0 bridgehead atoms. The van der Waals surface area contributed by atoms with E-state index in [9.17, 15) is 18.0 Å². The Morgan fingerprint density at radius 1 is 1.17 bits per heavy atom. The van der Waals surface area contributed by atoms with Crippen molar-refractivity contribution in [1.82, 2.24) is 4.57 Å². The van der Waals surface area contributed by atoms with E-state index in [-0.39, 0.29) is 15.7 Å². The topological polar surface area (TPSA) is 42.2 Å². The highest BCUT2D eigenvalue weighted by molar-refractivity contribution is 6.38. The van der Waals surface area contributed by atoms with Crippen LogP contribution in [0.1, 0.15) is 22.5 Å². The number of benzene rings is 1. The summed E-state index contributed by atoms with van der Waals surface area (Å²) in [5.74, 6) is -1.11. The fourth-order valence-corrected chi connectivity index (χ4v) is 3.06. The summed E-state index contributed by atoms with van der Waals surface area (Å²) in [5.41, 5.74) is 1.14. The monoisotopic (exact) mass is 377 g/mol. The summed E-state index contributed by atoms with van der Waals surface area (Å²) < 4.78 is 40.1. The molecule has 0 unspecified atom stereocenters. The smallest absolute Gasteiger partial charge is 0.416 e. The van der Waals surface area contributed by atoms with Gasteiger partial charge in [-0.2, -0.15) is 13.2 Å². The second-order valence-electron chi connectivity index (χ2n) is 5.12. The molecule has 8 heteroatoms. The van der Waals surface area contributed by atoms with Crippen LogP contribution in [0.15, 0.2) is 24.3 Å². The van der Waals surface area contributed by atoms with E-state index in [1.54, 1.807) is 24.5 Å². The van der Waals surface area contributed by atoms with Gasteiger partial charge in [0.05, 0.1) is 21.3 Å². The number of alkyl halides is 3. The minimum atomic E-state index is -4.55. The summed E-state index contributed by atoms with van der Waals surface area (Å²) in [6.45, 7) is 3.41. The number of carboxylic acids is 1. The molecule has 1 N–H and O–H groups in total. The van der Waals surface area contributed by atoms with Crippen LogP contribution in [0.3, 0.4) is 0 Å². The van der Waals surface area contributed by atoms with Crippen LogP contribution in [0, 0.1) is 13.8 Å². The predicted molar refractivity (Wildman–Crippen MR) is 86.9 cm³/mol. The van der Waals surface area contributed by atoms with Crippen molar-refractivity contribution in [3.63, 3.8) is 0 Å². The van der Waals surface area contributed by atoms with Crippen molar-refractivity contribution in [3.8, 4) is 5.69 Å². The largest absolute Gasteiger partial charge is 0.478 e. The van der Waals surface area contributed by atoms with Gasteiger partial charge in [-0.25, -0.2) is 4.79 Å². The van der Waals surface area contributed by atoms with Crippen molar-refractivity contribution in [2.24, 2.45) is 0 Å². The minimum Gasteiger partial charge on any atom is -0.478 e. The molecule has 0 spiro atoms. The van der Waals surface area contributed by atoms with Crippen molar-refractivity contribution in [2.75, 3.05) is 0 Å². The molecule has 24 heavy (non-hydrogen) atoms. The SMILES string of the molecule is Cc1cc(/C=C/C(=O)O)c(C)n1-c1c(Cl)cc(C(F)(F)F)cc1Cl. The Morgan fingerprint density at radius 3 is 2.17 bits per heavy atom. The molecule has 0 aliphatic carbocycles. The molecule has 0 radical (unpaired) electrons. The van der Waals surface area contributed by atoms with E-state index < -0.39 is 17.7 Å². The van der Waals surface area contributed by atoms with Crippen LogP contribution in [-0.2, 0) is 11.0 Å². The maximum atomic E-state index is 12.8. The number of hydrogen-bond donors (Lipinski definition) is 1. The van der Waals surface area contributed by atoms with Crippen LogP contribution in [0.4, 0.5) is 13.2 Å². The van der Waals surface area contributed by atoms with Gasteiger partial charge in [0.1, 0.15) is 0 Å². The number of aromatic nitrogens is 1. The maximum absolute atomic E-state index is 12.8. The molecule has 1 aromatic heterocycles. The van der Waals surface area contributed by atoms with E-state index in [0.29, 0.717) is 17.0 Å². The Balaban J connectivity index is 2.63. The van der Waals surface area contributed by atoms with Gasteiger partial charge in [0.25, 0.3) is 0 Å². The van der Waals surface area contributed by atoms with E-state index in [2.05, 4.69) is 0 Å². The maximum Gasteiger partial charge on any atom is 0.416 e. The van der Waals surface area contributed by atoms with Crippen LogP contribution in [0.5, 0.6) is 0 Å². The summed E-state index contributed by atoms with van der Waals surface area (Å²) in [6.07, 6.45) is -2.18. The molecule has 0 atom stereocenters. The number of halogens is 5. The highest BCUT2D eigenvalue weighted by atomic mass is 35.5. The molecule has 0 amide bonds. The first-order valence-electron chi connectivity index (χ1n) is 6.69. The number of carbonyl (C=O) groups is 1. The molecule has 0 saturated heterocycles. The van der Waals surface area contributed by atoms with Gasteiger partial charge >= 0.3 is 12.1 Å². The molecule has 1 heterocycles. The number of aryl methyl sites for hydroxylation is 1. The number of carboxylic acid groups (broad SMARTS) is 1. The molecule has 0 aliphatic heterocycles. The predicted octanol–water partition coefficient (Wildman–Crippen LogP) is 5.52. The number of aliphatic carboxylic acids is 1. The normalized spacial score (nSPS) is 12.1. The summed E-state index contributed by atoms with van der Waals surface area (Å²) in [4.78, 5) is 10.6. The van der Waals surface area contributed by atoms with Crippen LogP contribution in [0.2, 0.25) is 10.0 Å². The zero-order valence-corrected chi connectivity index (χ0v) is 14.1. The Labute approximate surface area is 145 Å². The summed E-state index contributed by atoms with van der Waals surface area (Å²) in [7, 11) is 0. The Hall–Kier alpha value is -1.92. The lowest BCUT2D eigenvalue weighted by Crippen LogP contribution is -2.07. The number of rotatable bonds is 3. The second-order valence-corrected chi connectivity index (χ2v) is 5.93. The molecule has 0 fully saturated rings. The van der Waals surface area contributed by atoms with E-state index in [1.165, 1.54) is 6.08 Å². The standard InChI is InChI=1S/C16H12Cl2F3NO2/c1-8-5-10(3-4-14(23)24)9(2)22(8)15-12(17)6-11(7-13(15)18)16(19,20)21/h3-7H,1-2H3,(H,23,24)/b4-3+. The zero-order valence-electron chi connectivity index (χ0n) is 12.6. The van der Waals surface area contributed by atoms with Crippen molar-refractivity contribution >= 4 is 35.2 Å². The second kappa shape index (κ2) is 6.53. The average Bonchev–Trinajstić information content (AvgIpc) is 2.71. The van der Waals surface area contributed by atoms with Gasteiger partial charge in [-0.3, -0.25) is 0 Å². The van der Waals surface area contributed by atoms with Crippen LogP contribution >= 0.6 is 23.2 Å². The van der Waals surface area contributed by atoms with E-state index in [1.807, 2.05) is 0 Å². The molecule has 1 aromatic carbocycles. The van der Waals surface area contributed by atoms with Gasteiger partial charge in [0.15, 0.2) is 0 Å². The lowest BCUT2D eigenvalue weighted by molar-refractivity contribution is -0.137. The molecule has 2 rings (SSSR count). The lowest BCUT2D eigenvalue weighted by Gasteiger charge is -2.16. The van der Waals surface area contributed by atoms with Crippen molar-refractivity contribution in [1.29, 1.82) is 0 Å². The van der Waals surface area contributed by atoms with Gasteiger partial charge in [-0.05, 0) is 43.7 Å². The van der Waals surface area contributed by atoms with Crippen molar-refractivity contribution in [3.05, 3.63) is 56.8 Å². The quantitative estimate of drug-likeness (QED) is 0.715. The van der Waals surface area contributed by atoms with Crippen LogP contribution in [0.25, 0.3) is 11.8 Å². The number of hydrogen-bond acceptors (Lipinski definition) is 1. The first-order chi connectivity index (χ1) is 11.0. The summed E-state index contributed by atoms with van der Waals surface area (Å²) >= 11 is 12.1. The molecule has 0 saturated carbocycles. The first kappa shape index (κ1) is 18.4. The van der Waals surface area contributed by atoms with Crippen molar-refractivity contribution < 1.29 is 23.1 Å². The van der Waals surface area contributed by atoms with Crippen molar-refractivity contribution in [2.45, 2.75) is 20.0 Å². The third-order valence-corrected chi connectivity index (χ3v) is 4.02. The van der Waals surface area contributed by atoms with Gasteiger partial charge < -0.3 is 9.67 Å². The average molecular weight is 378 g/mol. The van der Waals surface area contributed by atoms with E-state index in [4.69, 9.17) is 28.3 Å². The fourth-order valence-electron chi connectivity index (χ4n) is 2.40. The number of nitrogens with zero attached hydrogens (tertiary/aromatic N) is 1. The summed E-state index contributed by atoms with van der Waals surface area (Å²) in [6, 6.07) is 3.32. The molecule has 128 valence electrons. The Kier molecular flexibility index (Phi) is 5.01. The summed E-state index contributed by atoms with van der Waals surface area (Å²) in [5, 5.41) is 8.42. The van der Waals surface area contributed by atoms with Gasteiger partial charge in [-0.1, -0.05) is 23.2 Å². The molecule has 3 nitrogen and oxygen atoms in total. The molecule has 0 aliphatic rings. The Morgan fingerprint density at radius 2 is 1.71 bits per heavy atom. The zero-order chi connectivity index (χ0) is 18.2. The molecule has 2 aromatic rings. The van der Waals surface area contributed by atoms with Gasteiger partial charge in [-0.15, -0.1) is 0 Å². The van der Waals surface area contributed by atoms with E-state index >= 15 is 0 Å². The van der Waals surface area contributed by atoms with Crippen LogP contribution < -0.4 is 0 Å². The van der Waals surface area contributed by atoms with Gasteiger partial charge in [0.2, 0.25) is 0 Å². The highest BCUT2D eigenvalue weighted by Gasteiger charge is 2.32. The fraction of sp³-hybridized carbons (Fsp3) is 0.188. The third-order valence-electron chi connectivity index (χ3n) is 3.44. The lowest BCUT2D eigenvalue weighted by atomic mass is 10.2. The van der Waals surface area contributed by atoms with Crippen LogP contribution in [-0.4, -0.2) is 15.6 Å².